The second kappa shape index (κ2) is 4.79. The van der Waals surface area contributed by atoms with Gasteiger partial charge in [0.15, 0.2) is 0 Å². The molecule has 1 aromatic carbocycles. The summed E-state index contributed by atoms with van der Waals surface area (Å²) in [7, 11) is 0. The Hall–Kier alpha value is -1.84. The van der Waals surface area contributed by atoms with Crippen LogP contribution >= 0.6 is 0 Å². The molecular weight excluding hydrogens is 208 g/mol. The minimum Gasteiger partial charge on any atom is -0.549 e. The van der Waals surface area contributed by atoms with Crippen LogP contribution in [0.2, 0.25) is 0 Å². The Morgan fingerprint density at radius 2 is 1.88 bits per heavy atom. The van der Waals surface area contributed by atoms with Gasteiger partial charge in [-0.1, -0.05) is 30.3 Å². The Balaban J connectivity index is 3.17. The molecule has 4 nitrogen and oxygen atoms in total. The van der Waals surface area contributed by atoms with Crippen LogP contribution in [0, 0.1) is 0 Å². The molecule has 0 radical (unpaired) electrons. The molecule has 86 valence electrons. The molecule has 1 atom stereocenters. The van der Waals surface area contributed by atoms with Crippen LogP contribution in [0.3, 0.4) is 0 Å². The minimum atomic E-state index is -1.75. The molecule has 0 fully saturated rings. The summed E-state index contributed by atoms with van der Waals surface area (Å²) in [4.78, 5) is 22.8. The van der Waals surface area contributed by atoms with Gasteiger partial charge in [0.2, 0.25) is 0 Å². The highest BCUT2D eigenvalue weighted by atomic mass is 16.5. The molecule has 0 aromatic heterocycles. The van der Waals surface area contributed by atoms with Crippen molar-refractivity contribution >= 4 is 11.9 Å². The highest BCUT2D eigenvalue weighted by molar-refractivity contribution is 6.04. The van der Waals surface area contributed by atoms with Crippen molar-refractivity contribution in [3.8, 4) is 0 Å². The molecule has 1 rings (SSSR count). The molecule has 16 heavy (non-hydrogen) atoms. The van der Waals surface area contributed by atoms with E-state index in [1.54, 1.807) is 37.3 Å². The zero-order chi connectivity index (χ0) is 12.2. The van der Waals surface area contributed by atoms with E-state index in [9.17, 15) is 14.7 Å². The smallest absolute Gasteiger partial charge is 0.322 e. The van der Waals surface area contributed by atoms with E-state index < -0.39 is 17.4 Å². The molecule has 0 aliphatic rings. The Kier molecular flexibility index (Phi) is 3.66. The van der Waals surface area contributed by atoms with E-state index in [4.69, 9.17) is 4.74 Å². The van der Waals surface area contributed by atoms with Crippen LogP contribution in [0.5, 0.6) is 0 Å². The molecular formula is C12H13O4-. The Morgan fingerprint density at radius 3 is 2.31 bits per heavy atom. The van der Waals surface area contributed by atoms with Crippen molar-refractivity contribution < 1.29 is 19.4 Å². The van der Waals surface area contributed by atoms with Crippen molar-refractivity contribution in [3.63, 3.8) is 0 Å². The van der Waals surface area contributed by atoms with Gasteiger partial charge in [0.1, 0.15) is 5.41 Å². The number of aliphatic carboxylic acids is 1. The highest BCUT2D eigenvalue weighted by Gasteiger charge is 2.38. The van der Waals surface area contributed by atoms with Crippen molar-refractivity contribution in [2.45, 2.75) is 19.3 Å². The quantitative estimate of drug-likeness (QED) is 0.540. The SMILES string of the molecule is CCOC(=O)[C@](C)(C(=O)[O-])c1ccccc1. The van der Waals surface area contributed by atoms with E-state index in [0.717, 1.165) is 0 Å². The van der Waals surface area contributed by atoms with Crippen LogP contribution in [0.25, 0.3) is 0 Å². The number of carbonyl (C=O) groups is 2. The maximum atomic E-state index is 11.7. The van der Waals surface area contributed by atoms with Gasteiger partial charge in [0.05, 0.1) is 12.6 Å². The lowest BCUT2D eigenvalue weighted by Crippen LogP contribution is -2.50. The molecule has 0 aliphatic heterocycles. The van der Waals surface area contributed by atoms with Gasteiger partial charge < -0.3 is 14.6 Å². The summed E-state index contributed by atoms with van der Waals surface area (Å²) in [5.41, 5.74) is -1.40. The number of esters is 1. The van der Waals surface area contributed by atoms with Gasteiger partial charge in [-0.15, -0.1) is 0 Å². The number of benzene rings is 1. The van der Waals surface area contributed by atoms with Crippen LogP contribution in [0.4, 0.5) is 0 Å². The predicted octanol–water partition coefficient (Wildman–Crippen LogP) is 0.257. The van der Waals surface area contributed by atoms with Crippen LogP contribution < -0.4 is 5.11 Å². The summed E-state index contributed by atoms with van der Waals surface area (Å²) in [5.74, 6) is -2.27. The van der Waals surface area contributed by atoms with Gasteiger partial charge in [0, 0.05) is 0 Å². The molecule has 4 heteroatoms. The lowest BCUT2D eigenvalue weighted by atomic mass is 9.82. The van der Waals surface area contributed by atoms with Crippen molar-refractivity contribution in [1.29, 1.82) is 0 Å². The van der Waals surface area contributed by atoms with Gasteiger partial charge in [-0.3, -0.25) is 4.79 Å². The van der Waals surface area contributed by atoms with E-state index in [2.05, 4.69) is 0 Å². The van der Waals surface area contributed by atoms with Crippen LogP contribution in [0.1, 0.15) is 19.4 Å². The first kappa shape index (κ1) is 12.2. The Labute approximate surface area is 93.9 Å². The lowest BCUT2D eigenvalue weighted by molar-refractivity contribution is -0.312. The van der Waals surface area contributed by atoms with Gasteiger partial charge in [0.25, 0.3) is 0 Å². The zero-order valence-electron chi connectivity index (χ0n) is 9.23. The topological polar surface area (TPSA) is 66.4 Å². The largest absolute Gasteiger partial charge is 0.549 e. The fraction of sp³-hybridized carbons (Fsp3) is 0.333. The Morgan fingerprint density at radius 1 is 1.31 bits per heavy atom. The third kappa shape index (κ3) is 2.05. The van der Waals surface area contributed by atoms with Crippen molar-refractivity contribution in [3.05, 3.63) is 35.9 Å². The third-order valence-electron chi connectivity index (χ3n) is 2.44. The number of carboxylic acid groups (broad SMARTS) is 1. The van der Waals surface area contributed by atoms with Gasteiger partial charge >= 0.3 is 5.97 Å². The van der Waals surface area contributed by atoms with Crippen molar-refractivity contribution in [2.24, 2.45) is 0 Å². The van der Waals surface area contributed by atoms with Crippen LogP contribution in [-0.2, 0) is 19.7 Å². The number of carboxylic acids is 1. The number of carbonyl (C=O) groups excluding carboxylic acids is 2. The summed E-state index contributed by atoms with van der Waals surface area (Å²) in [6, 6.07) is 8.19. The second-order valence-electron chi connectivity index (χ2n) is 3.50. The first-order valence-corrected chi connectivity index (χ1v) is 4.97. The fourth-order valence-corrected chi connectivity index (χ4v) is 1.37. The maximum Gasteiger partial charge on any atom is 0.322 e. The first-order valence-electron chi connectivity index (χ1n) is 4.97. The van der Waals surface area contributed by atoms with Crippen molar-refractivity contribution in [2.75, 3.05) is 6.61 Å². The normalized spacial score (nSPS) is 13.9. The summed E-state index contributed by atoms with van der Waals surface area (Å²) in [6.45, 7) is 3.04. The molecule has 0 heterocycles. The second-order valence-corrected chi connectivity index (χ2v) is 3.50. The van der Waals surface area contributed by atoms with Crippen molar-refractivity contribution in [1.82, 2.24) is 0 Å². The maximum absolute atomic E-state index is 11.7. The molecule has 1 aromatic rings. The zero-order valence-corrected chi connectivity index (χ0v) is 9.23. The predicted molar refractivity (Wildman–Crippen MR) is 55.4 cm³/mol. The first-order chi connectivity index (χ1) is 7.53. The molecule has 0 amide bonds. The van der Waals surface area contributed by atoms with Gasteiger partial charge in [-0.2, -0.15) is 0 Å². The van der Waals surface area contributed by atoms with Gasteiger partial charge in [-0.05, 0) is 19.4 Å². The minimum absolute atomic E-state index is 0.133. The molecule has 0 saturated carbocycles. The van der Waals surface area contributed by atoms with Gasteiger partial charge in [-0.25, -0.2) is 0 Å². The van der Waals surface area contributed by atoms with E-state index in [1.165, 1.54) is 6.92 Å². The fourth-order valence-electron chi connectivity index (χ4n) is 1.37. The van der Waals surface area contributed by atoms with E-state index in [1.807, 2.05) is 0 Å². The molecule has 0 spiro atoms. The number of rotatable bonds is 4. The van der Waals surface area contributed by atoms with E-state index in [0.29, 0.717) is 5.56 Å². The number of ether oxygens (including phenoxy) is 1. The Bertz CT molecular complexity index is 385. The van der Waals surface area contributed by atoms with E-state index in [-0.39, 0.29) is 6.61 Å². The summed E-state index contributed by atoms with van der Waals surface area (Å²) in [6.07, 6.45) is 0. The number of hydrogen-bond donors (Lipinski definition) is 0. The summed E-state index contributed by atoms with van der Waals surface area (Å²) in [5, 5.41) is 11.1. The average Bonchev–Trinajstić information content (AvgIpc) is 2.29. The molecule has 0 bridgehead atoms. The highest BCUT2D eigenvalue weighted by Crippen LogP contribution is 2.24. The summed E-state index contributed by atoms with van der Waals surface area (Å²) < 4.78 is 4.76. The molecule has 0 aliphatic carbocycles. The third-order valence-corrected chi connectivity index (χ3v) is 2.44. The number of hydrogen-bond acceptors (Lipinski definition) is 4. The summed E-state index contributed by atoms with van der Waals surface area (Å²) >= 11 is 0. The standard InChI is InChI=1S/C12H14O4/c1-3-16-11(15)12(2,10(13)14)9-7-5-4-6-8-9/h4-8H,3H2,1-2H3,(H,13,14)/p-1/t12-/m0/s1. The molecule has 0 N–H and O–H groups in total. The molecule has 0 saturated heterocycles. The molecule has 0 unspecified atom stereocenters. The van der Waals surface area contributed by atoms with E-state index >= 15 is 0 Å². The van der Waals surface area contributed by atoms with Crippen LogP contribution in [0.15, 0.2) is 30.3 Å². The average molecular weight is 221 g/mol. The lowest BCUT2D eigenvalue weighted by Gasteiger charge is -2.28. The van der Waals surface area contributed by atoms with Crippen LogP contribution in [-0.4, -0.2) is 18.5 Å². The monoisotopic (exact) mass is 221 g/mol.